The zero-order chi connectivity index (χ0) is 9.97. The molecule has 0 amide bonds. The molecular formula is C11H19NO2. The van der Waals surface area contributed by atoms with E-state index in [1.807, 2.05) is 0 Å². The predicted molar refractivity (Wildman–Crippen MR) is 53.8 cm³/mol. The van der Waals surface area contributed by atoms with E-state index in [9.17, 15) is 4.79 Å². The van der Waals surface area contributed by atoms with E-state index < -0.39 is 0 Å². The number of hydrogen-bond donors (Lipinski definition) is 1. The van der Waals surface area contributed by atoms with E-state index in [0.29, 0.717) is 5.92 Å². The summed E-state index contributed by atoms with van der Waals surface area (Å²) in [6.45, 7) is 1.82. The summed E-state index contributed by atoms with van der Waals surface area (Å²) in [4.78, 5) is 11.5. The normalized spacial score (nSPS) is 33.5. The number of nitrogens with one attached hydrogen (secondary N) is 1. The summed E-state index contributed by atoms with van der Waals surface area (Å²) in [5.41, 5.74) is 0. The molecule has 80 valence electrons. The van der Waals surface area contributed by atoms with Gasteiger partial charge in [-0.1, -0.05) is 25.7 Å². The molecule has 1 N–H and O–H groups in total. The summed E-state index contributed by atoms with van der Waals surface area (Å²) >= 11 is 0. The Morgan fingerprint density at radius 1 is 1.29 bits per heavy atom. The highest BCUT2D eigenvalue weighted by atomic mass is 16.5. The van der Waals surface area contributed by atoms with Crippen LogP contribution in [0.25, 0.3) is 0 Å². The minimum Gasteiger partial charge on any atom is -0.469 e. The number of carbonyl (C=O) groups is 1. The molecule has 1 saturated carbocycles. The number of methoxy groups -OCH3 is 1. The fourth-order valence-corrected chi connectivity index (χ4v) is 2.99. The Hall–Kier alpha value is -0.570. The largest absolute Gasteiger partial charge is 0.469 e. The van der Waals surface area contributed by atoms with Crippen LogP contribution in [0.1, 0.15) is 25.7 Å². The maximum Gasteiger partial charge on any atom is 0.310 e. The lowest BCUT2D eigenvalue weighted by Crippen LogP contribution is -2.28. The van der Waals surface area contributed by atoms with Crippen molar-refractivity contribution in [1.29, 1.82) is 0 Å². The summed E-state index contributed by atoms with van der Waals surface area (Å²) in [6, 6.07) is 0. The van der Waals surface area contributed by atoms with Crippen LogP contribution in [0.2, 0.25) is 0 Å². The summed E-state index contributed by atoms with van der Waals surface area (Å²) in [5, 5.41) is 3.31. The number of ether oxygens (including phenoxy) is 1. The molecule has 1 aliphatic heterocycles. The molecule has 0 aromatic heterocycles. The van der Waals surface area contributed by atoms with E-state index in [0.717, 1.165) is 19.0 Å². The van der Waals surface area contributed by atoms with Crippen LogP contribution >= 0.6 is 0 Å². The van der Waals surface area contributed by atoms with Gasteiger partial charge in [0.25, 0.3) is 0 Å². The first-order chi connectivity index (χ1) is 6.83. The molecule has 2 rings (SSSR count). The zero-order valence-corrected chi connectivity index (χ0v) is 8.79. The molecule has 3 nitrogen and oxygen atoms in total. The van der Waals surface area contributed by atoms with Crippen LogP contribution in [0.5, 0.6) is 0 Å². The molecule has 1 aliphatic carbocycles. The molecule has 14 heavy (non-hydrogen) atoms. The molecule has 1 saturated heterocycles. The topological polar surface area (TPSA) is 38.3 Å². The first-order valence-electron chi connectivity index (χ1n) is 5.61. The fraction of sp³-hybridized carbons (Fsp3) is 0.909. The van der Waals surface area contributed by atoms with E-state index in [1.165, 1.54) is 32.8 Å². The van der Waals surface area contributed by atoms with E-state index in [-0.39, 0.29) is 11.9 Å². The average Bonchev–Trinajstić information content (AvgIpc) is 2.85. The van der Waals surface area contributed by atoms with Gasteiger partial charge in [-0.3, -0.25) is 4.79 Å². The minimum atomic E-state index is -0.0214. The third kappa shape index (κ3) is 1.78. The molecule has 2 unspecified atom stereocenters. The lowest BCUT2D eigenvalue weighted by atomic mass is 9.83. The van der Waals surface area contributed by atoms with Crippen molar-refractivity contribution in [3.05, 3.63) is 0 Å². The van der Waals surface area contributed by atoms with Gasteiger partial charge in [-0.15, -0.1) is 0 Å². The molecule has 2 atom stereocenters. The van der Waals surface area contributed by atoms with Gasteiger partial charge in [0.1, 0.15) is 0 Å². The Kier molecular flexibility index (Phi) is 3.06. The van der Waals surface area contributed by atoms with Crippen LogP contribution in [-0.2, 0) is 9.53 Å². The third-order valence-corrected chi connectivity index (χ3v) is 3.77. The SMILES string of the molecule is COC(=O)C1CNCC1C1CCCC1. The highest BCUT2D eigenvalue weighted by Crippen LogP contribution is 2.37. The molecule has 1 heterocycles. The van der Waals surface area contributed by atoms with Gasteiger partial charge in [0, 0.05) is 6.54 Å². The Morgan fingerprint density at radius 2 is 2.00 bits per heavy atom. The van der Waals surface area contributed by atoms with Crippen LogP contribution < -0.4 is 5.32 Å². The van der Waals surface area contributed by atoms with Gasteiger partial charge in [-0.05, 0) is 18.4 Å². The van der Waals surface area contributed by atoms with Crippen molar-refractivity contribution >= 4 is 5.97 Å². The van der Waals surface area contributed by atoms with Crippen LogP contribution in [0.3, 0.4) is 0 Å². The molecule has 0 spiro atoms. The van der Waals surface area contributed by atoms with Crippen LogP contribution in [0.4, 0.5) is 0 Å². The lowest BCUT2D eigenvalue weighted by molar-refractivity contribution is -0.146. The predicted octanol–water partition coefficient (Wildman–Crippen LogP) is 1.19. The molecule has 0 bridgehead atoms. The van der Waals surface area contributed by atoms with Crippen molar-refractivity contribution in [2.75, 3.05) is 20.2 Å². The van der Waals surface area contributed by atoms with Crippen molar-refractivity contribution in [3.63, 3.8) is 0 Å². The first-order valence-corrected chi connectivity index (χ1v) is 5.61. The van der Waals surface area contributed by atoms with Gasteiger partial charge in [0.15, 0.2) is 0 Å². The first kappa shape index (κ1) is 9.97. The lowest BCUT2D eigenvalue weighted by Gasteiger charge is -2.22. The van der Waals surface area contributed by atoms with Gasteiger partial charge >= 0.3 is 5.97 Å². The number of hydrogen-bond acceptors (Lipinski definition) is 3. The number of rotatable bonds is 2. The van der Waals surface area contributed by atoms with E-state index >= 15 is 0 Å². The third-order valence-electron chi connectivity index (χ3n) is 3.77. The van der Waals surface area contributed by atoms with Crippen molar-refractivity contribution in [1.82, 2.24) is 5.32 Å². The smallest absolute Gasteiger partial charge is 0.310 e. The zero-order valence-electron chi connectivity index (χ0n) is 8.79. The minimum absolute atomic E-state index is 0.0214. The maximum absolute atomic E-state index is 11.5. The van der Waals surface area contributed by atoms with Crippen molar-refractivity contribution in [2.45, 2.75) is 25.7 Å². The van der Waals surface area contributed by atoms with E-state index in [2.05, 4.69) is 5.32 Å². The Labute approximate surface area is 85.2 Å². The van der Waals surface area contributed by atoms with Crippen molar-refractivity contribution in [3.8, 4) is 0 Å². The second-order valence-corrected chi connectivity index (χ2v) is 4.50. The molecule has 0 aromatic rings. The average molecular weight is 197 g/mol. The van der Waals surface area contributed by atoms with E-state index in [4.69, 9.17) is 4.74 Å². The van der Waals surface area contributed by atoms with Crippen LogP contribution in [0, 0.1) is 17.8 Å². The number of carbonyl (C=O) groups excluding carboxylic acids is 1. The Morgan fingerprint density at radius 3 is 2.64 bits per heavy atom. The van der Waals surface area contributed by atoms with Gasteiger partial charge < -0.3 is 10.1 Å². The van der Waals surface area contributed by atoms with Gasteiger partial charge in [0.2, 0.25) is 0 Å². The highest BCUT2D eigenvalue weighted by Gasteiger charge is 2.39. The van der Waals surface area contributed by atoms with Gasteiger partial charge in [0.05, 0.1) is 13.0 Å². The molecular weight excluding hydrogens is 178 g/mol. The molecule has 0 radical (unpaired) electrons. The summed E-state index contributed by atoms with van der Waals surface area (Å²) in [5.74, 6) is 1.38. The van der Waals surface area contributed by atoms with Crippen molar-refractivity contribution < 1.29 is 9.53 Å². The molecule has 2 aliphatic rings. The van der Waals surface area contributed by atoms with Crippen molar-refractivity contribution in [2.24, 2.45) is 17.8 Å². The fourth-order valence-electron chi connectivity index (χ4n) is 2.99. The van der Waals surface area contributed by atoms with Gasteiger partial charge in [-0.25, -0.2) is 0 Å². The standard InChI is InChI=1S/C11H19NO2/c1-14-11(13)10-7-12-6-9(10)8-4-2-3-5-8/h8-10,12H,2-7H2,1H3. The monoisotopic (exact) mass is 197 g/mol. The molecule has 3 heteroatoms. The van der Waals surface area contributed by atoms with Gasteiger partial charge in [-0.2, -0.15) is 0 Å². The maximum atomic E-state index is 11.5. The van der Waals surface area contributed by atoms with Crippen LogP contribution in [0.15, 0.2) is 0 Å². The highest BCUT2D eigenvalue weighted by molar-refractivity contribution is 5.73. The second-order valence-electron chi connectivity index (χ2n) is 4.50. The quantitative estimate of drug-likeness (QED) is 0.676. The molecule has 2 fully saturated rings. The summed E-state index contributed by atoms with van der Waals surface area (Å²) < 4.78 is 4.85. The Bertz CT molecular complexity index is 211. The summed E-state index contributed by atoms with van der Waals surface area (Å²) in [7, 11) is 1.49. The Balaban J connectivity index is 1.98. The number of esters is 1. The molecule has 0 aromatic carbocycles. The summed E-state index contributed by atoms with van der Waals surface area (Å²) in [6.07, 6.45) is 5.30. The van der Waals surface area contributed by atoms with Crippen LogP contribution in [-0.4, -0.2) is 26.2 Å². The van der Waals surface area contributed by atoms with E-state index in [1.54, 1.807) is 0 Å². The second kappa shape index (κ2) is 4.30.